The van der Waals surface area contributed by atoms with Crippen LogP contribution in [0.15, 0.2) is 49.3 Å². The van der Waals surface area contributed by atoms with Crippen LogP contribution in [0.25, 0.3) is 16.7 Å². The first kappa shape index (κ1) is 9.34. The van der Waals surface area contributed by atoms with E-state index in [1.807, 2.05) is 12.3 Å². The third-order valence-electron chi connectivity index (χ3n) is 3.18. The van der Waals surface area contributed by atoms with E-state index < -0.39 is 0 Å². The Kier molecular flexibility index (Phi) is 2.10. The highest BCUT2D eigenvalue weighted by atomic mass is 14.6. The second-order valence-corrected chi connectivity index (χ2v) is 4.22. The molecule has 0 radical (unpaired) electrons. The van der Waals surface area contributed by atoms with Gasteiger partial charge in [-0.25, -0.2) is 0 Å². The highest BCUT2D eigenvalue weighted by molar-refractivity contribution is 5.75. The Hall–Kier alpha value is -1.89. The Bertz CT molecular complexity index is 541. The van der Waals surface area contributed by atoms with Crippen LogP contribution in [0.4, 0.5) is 0 Å². The van der Waals surface area contributed by atoms with Gasteiger partial charge in [0.25, 0.3) is 0 Å². The van der Waals surface area contributed by atoms with E-state index in [0.29, 0.717) is 0 Å². The summed E-state index contributed by atoms with van der Waals surface area (Å²) in [6.07, 6.45) is 5.94. The summed E-state index contributed by atoms with van der Waals surface area (Å²) in [6, 6.07) is 10.7. The average Bonchev–Trinajstić information content (AvgIpc) is 2.72. The van der Waals surface area contributed by atoms with Crippen molar-refractivity contribution in [2.45, 2.75) is 12.8 Å². The second-order valence-electron chi connectivity index (χ2n) is 4.22. The number of fused-ring (bicyclic) bond motifs is 1. The molecule has 0 amide bonds. The summed E-state index contributed by atoms with van der Waals surface area (Å²) in [6.45, 7) is 4.09. The minimum Gasteiger partial charge on any atom is -0.264 e. The predicted octanol–water partition coefficient (Wildman–Crippen LogP) is 3.71. The maximum Gasteiger partial charge on any atom is 0.0346 e. The third kappa shape index (κ3) is 1.45. The Morgan fingerprint density at radius 1 is 1.06 bits per heavy atom. The molecule has 0 atom stereocenters. The molecule has 1 heteroatoms. The van der Waals surface area contributed by atoms with E-state index in [2.05, 4.69) is 35.8 Å². The number of aryl methyl sites for hydroxylation is 1. The normalized spacial score (nSPS) is 13.9. The molecule has 3 rings (SSSR count). The fourth-order valence-corrected chi connectivity index (χ4v) is 2.28. The first-order chi connectivity index (χ1) is 7.84. The van der Waals surface area contributed by atoms with Gasteiger partial charge in [0.1, 0.15) is 0 Å². The number of rotatable bonds is 1. The highest BCUT2D eigenvalue weighted by Crippen LogP contribution is 2.33. The summed E-state index contributed by atoms with van der Waals surface area (Å²) in [7, 11) is 0. The topological polar surface area (TPSA) is 12.9 Å². The summed E-state index contributed by atoms with van der Waals surface area (Å²) >= 11 is 0. The molecule has 0 saturated carbocycles. The SMILES string of the molecule is C=C1CCc2cc(-c3cccnc3)ccc21. The zero-order valence-corrected chi connectivity index (χ0v) is 9.11. The van der Waals surface area contributed by atoms with Gasteiger partial charge in [-0.05, 0) is 46.7 Å². The van der Waals surface area contributed by atoms with Crippen LogP contribution in [0.1, 0.15) is 17.5 Å². The third-order valence-corrected chi connectivity index (χ3v) is 3.18. The summed E-state index contributed by atoms with van der Waals surface area (Å²) in [4.78, 5) is 4.15. The molecule has 16 heavy (non-hydrogen) atoms. The van der Waals surface area contributed by atoms with Gasteiger partial charge in [0.05, 0.1) is 0 Å². The maximum absolute atomic E-state index is 4.15. The lowest BCUT2D eigenvalue weighted by atomic mass is 10.0. The molecule has 0 spiro atoms. The van der Waals surface area contributed by atoms with Crippen LogP contribution >= 0.6 is 0 Å². The number of nitrogens with zero attached hydrogens (tertiary/aromatic N) is 1. The van der Waals surface area contributed by atoms with Crippen LogP contribution in [-0.4, -0.2) is 4.98 Å². The molecule has 1 aromatic carbocycles. The standard InChI is InChI=1S/C15H13N/c1-11-4-5-13-9-12(6-7-15(11)13)14-3-2-8-16-10-14/h2-3,6-10H,1,4-5H2. The maximum atomic E-state index is 4.15. The van der Waals surface area contributed by atoms with E-state index in [9.17, 15) is 0 Å². The van der Waals surface area contributed by atoms with Gasteiger partial charge in [-0.3, -0.25) is 4.98 Å². The lowest BCUT2D eigenvalue weighted by Crippen LogP contribution is -1.84. The van der Waals surface area contributed by atoms with Gasteiger partial charge in [0, 0.05) is 12.4 Å². The molecule has 0 fully saturated rings. The van der Waals surface area contributed by atoms with Crippen molar-refractivity contribution < 1.29 is 0 Å². The summed E-state index contributed by atoms with van der Waals surface area (Å²) in [5.74, 6) is 0. The minimum atomic E-state index is 1.10. The fourth-order valence-electron chi connectivity index (χ4n) is 2.28. The molecular weight excluding hydrogens is 194 g/mol. The van der Waals surface area contributed by atoms with E-state index in [1.54, 1.807) is 6.20 Å². The smallest absolute Gasteiger partial charge is 0.0346 e. The predicted molar refractivity (Wildman–Crippen MR) is 67.0 cm³/mol. The Balaban J connectivity index is 2.09. The van der Waals surface area contributed by atoms with E-state index in [4.69, 9.17) is 0 Å². The van der Waals surface area contributed by atoms with Crippen molar-refractivity contribution >= 4 is 5.57 Å². The summed E-state index contributed by atoms with van der Waals surface area (Å²) < 4.78 is 0. The molecular formula is C15H13N. The monoisotopic (exact) mass is 207 g/mol. The summed E-state index contributed by atoms with van der Waals surface area (Å²) in [5, 5.41) is 0. The van der Waals surface area contributed by atoms with Crippen LogP contribution in [0, 0.1) is 0 Å². The molecule has 0 N–H and O–H groups in total. The van der Waals surface area contributed by atoms with Crippen molar-refractivity contribution in [3.8, 4) is 11.1 Å². The molecule has 1 heterocycles. The fraction of sp³-hybridized carbons (Fsp3) is 0.133. The zero-order valence-electron chi connectivity index (χ0n) is 9.11. The first-order valence-electron chi connectivity index (χ1n) is 5.56. The van der Waals surface area contributed by atoms with Gasteiger partial charge < -0.3 is 0 Å². The van der Waals surface area contributed by atoms with Crippen LogP contribution < -0.4 is 0 Å². The molecule has 1 aromatic heterocycles. The van der Waals surface area contributed by atoms with Crippen molar-refractivity contribution in [3.63, 3.8) is 0 Å². The number of benzene rings is 1. The van der Waals surface area contributed by atoms with E-state index in [-0.39, 0.29) is 0 Å². The quantitative estimate of drug-likeness (QED) is 0.694. The Labute approximate surface area is 95.5 Å². The number of allylic oxidation sites excluding steroid dienone is 1. The van der Waals surface area contributed by atoms with Crippen LogP contribution in [0.2, 0.25) is 0 Å². The number of hydrogen-bond donors (Lipinski definition) is 0. The van der Waals surface area contributed by atoms with E-state index in [1.165, 1.54) is 27.8 Å². The molecule has 1 aliphatic rings. The molecule has 0 saturated heterocycles. The number of pyridine rings is 1. The van der Waals surface area contributed by atoms with Gasteiger partial charge in [-0.15, -0.1) is 0 Å². The molecule has 1 aliphatic carbocycles. The van der Waals surface area contributed by atoms with Crippen molar-refractivity contribution in [1.82, 2.24) is 4.98 Å². The summed E-state index contributed by atoms with van der Waals surface area (Å²) in [5.41, 5.74) is 6.47. The molecule has 0 aliphatic heterocycles. The zero-order chi connectivity index (χ0) is 11.0. The van der Waals surface area contributed by atoms with Gasteiger partial charge in [-0.2, -0.15) is 0 Å². The van der Waals surface area contributed by atoms with Gasteiger partial charge in [0.15, 0.2) is 0 Å². The van der Waals surface area contributed by atoms with Gasteiger partial charge in [-0.1, -0.05) is 30.8 Å². The van der Waals surface area contributed by atoms with Gasteiger partial charge >= 0.3 is 0 Å². The van der Waals surface area contributed by atoms with Crippen LogP contribution in [0.5, 0.6) is 0 Å². The van der Waals surface area contributed by atoms with E-state index in [0.717, 1.165) is 12.8 Å². The molecule has 2 aromatic rings. The Morgan fingerprint density at radius 3 is 2.81 bits per heavy atom. The highest BCUT2D eigenvalue weighted by Gasteiger charge is 2.14. The first-order valence-corrected chi connectivity index (χ1v) is 5.56. The number of hydrogen-bond acceptors (Lipinski definition) is 1. The van der Waals surface area contributed by atoms with Crippen LogP contribution in [0.3, 0.4) is 0 Å². The average molecular weight is 207 g/mol. The van der Waals surface area contributed by atoms with Crippen molar-refractivity contribution in [3.05, 3.63) is 60.4 Å². The Morgan fingerprint density at radius 2 is 2.00 bits per heavy atom. The number of aromatic nitrogens is 1. The van der Waals surface area contributed by atoms with Gasteiger partial charge in [0.2, 0.25) is 0 Å². The van der Waals surface area contributed by atoms with Crippen molar-refractivity contribution in [2.75, 3.05) is 0 Å². The molecule has 0 bridgehead atoms. The molecule has 1 nitrogen and oxygen atoms in total. The molecule has 78 valence electrons. The lowest BCUT2D eigenvalue weighted by molar-refractivity contribution is 1.08. The molecule has 0 unspecified atom stereocenters. The van der Waals surface area contributed by atoms with E-state index >= 15 is 0 Å². The largest absolute Gasteiger partial charge is 0.264 e. The van der Waals surface area contributed by atoms with Crippen molar-refractivity contribution in [1.29, 1.82) is 0 Å². The van der Waals surface area contributed by atoms with Crippen molar-refractivity contribution in [2.24, 2.45) is 0 Å². The lowest BCUT2D eigenvalue weighted by Gasteiger charge is -2.04. The minimum absolute atomic E-state index is 1.10. The second kappa shape index (κ2) is 3.60. The van der Waals surface area contributed by atoms with Crippen LogP contribution in [-0.2, 0) is 6.42 Å².